The quantitative estimate of drug-likeness (QED) is 0.724. The van der Waals surface area contributed by atoms with Gasteiger partial charge in [0.05, 0.1) is 6.61 Å². The van der Waals surface area contributed by atoms with E-state index in [1.807, 2.05) is 0 Å². The van der Waals surface area contributed by atoms with Gasteiger partial charge in [-0.3, -0.25) is 0 Å². The van der Waals surface area contributed by atoms with Crippen LogP contribution >= 0.6 is 15.9 Å². The van der Waals surface area contributed by atoms with Gasteiger partial charge in [0.2, 0.25) is 0 Å². The lowest BCUT2D eigenvalue weighted by Gasteiger charge is -2.51. The maximum Gasteiger partial charge on any atom is 0.310 e. The first-order valence-electron chi connectivity index (χ1n) is 7.79. The van der Waals surface area contributed by atoms with Crippen molar-refractivity contribution >= 4 is 22.0 Å². The minimum atomic E-state index is -3.21. The van der Waals surface area contributed by atoms with Crippen LogP contribution in [0.3, 0.4) is 0 Å². The van der Waals surface area contributed by atoms with Crippen molar-refractivity contribution in [2.24, 2.45) is 10.7 Å². The Morgan fingerprint density at radius 3 is 2.83 bits per heavy atom. The third-order valence-corrected chi connectivity index (χ3v) is 5.38. The summed E-state index contributed by atoms with van der Waals surface area (Å²) in [7, 11) is 0. The largest absolute Gasteiger partial charge is 0.484 e. The second-order valence-electron chi connectivity index (χ2n) is 6.56. The van der Waals surface area contributed by atoms with Crippen LogP contribution in [0.2, 0.25) is 0 Å². The summed E-state index contributed by atoms with van der Waals surface area (Å²) in [6.07, 6.45) is 1.39. The first-order chi connectivity index (χ1) is 11.4. The molecule has 1 aromatic rings. The van der Waals surface area contributed by atoms with Crippen molar-refractivity contribution in [1.29, 1.82) is 0 Å². The van der Waals surface area contributed by atoms with Crippen molar-refractivity contribution < 1.29 is 23.0 Å². The third-order valence-electron chi connectivity index (χ3n) is 4.89. The average Bonchev–Trinajstić information content (AvgIpc) is 2.53. The number of hydrogen-bond acceptors (Lipinski definition) is 5. The minimum absolute atomic E-state index is 0.000509. The molecular formula is C16H17BrF2N2O3. The standard InChI is InChI=1S/C16H17BrF2N2O3/c17-10-2-3-12-11(6-10)15(16(18,19)9-23-13(20)21-15)7-14(24-12)4-1-5-22-8-14/h2-3,6H,1,4-5,7-9H2,(H2,20,21)/t14-,15-/m1/s1. The van der Waals surface area contributed by atoms with E-state index in [0.29, 0.717) is 28.8 Å². The van der Waals surface area contributed by atoms with E-state index in [1.165, 1.54) is 0 Å². The van der Waals surface area contributed by atoms with E-state index in [0.717, 1.165) is 6.42 Å². The Kier molecular flexibility index (Phi) is 3.55. The van der Waals surface area contributed by atoms with Crippen LogP contribution in [0.15, 0.2) is 27.7 Å². The van der Waals surface area contributed by atoms with Gasteiger partial charge in [0.15, 0.2) is 12.1 Å². The van der Waals surface area contributed by atoms with Crippen LogP contribution in [0.4, 0.5) is 8.78 Å². The lowest BCUT2D eigenvalue weighted by Crippen LogP contribution is -2.61. The van der Waals surface area contributed by atoms with E-state index in [-0.39, 0.29) is 19.0 Å². The highest BCUT2D eigenvalue weighted by molar-refractivity contribution is 9.10. The van der Waals surface area contributed by atoms with Gasteiger partial charge in [-0.25, -0.2) is 4.99 Å². The number of alkyl halides is 2. The number of fused-ring (bicyclic) bond motifs is 2. The molecule has 24 heavy (non-hydrogen) atoms. The van der Waals surface area contributed by atoms with Crippen LogP contribution in [0.25, 0.3) is 0 Å². The molecule has 130 valence electrons. The Bertz CT molecular complexity index is 707. The topological polar surface area (TPSA) is 66.1 Å². The van der Waals surface area contributed by atoms with Crippen molar-refractivity contribution in [1.82, 2.24) is 0 Å². The SMILES string of the molecule is NC1=N[C@@]2(C[C@@]3(CCCOC3)Oc3ccc(Br)cc32)C(F)(F)CO1. The van der Waals surface area contributed by atoms with E-state index in [4.69, 9.17) is 19.9 Å². The van der Waals surface area contributed by atoms with E-state index < -0.39 is 23.7 Å². The van der Waals surface area contributed by atoms with E-state index in [9.17, 15) is 0 Å². The molecule has 2 N–H and O–H groups in total. The molecule has 0 aromatic heterocycles. The van der Waals surface area contributed by atoms with Gasteiger partial charge >= 0.3 is 5.92 Å². The van der Waals surface area contributed by atoms with Gasteiger partial charge in [-0.15, -0.1) is 0 Å². The van der Waals surface area contributed by atoms with Gasteiger partial charge in [-0.2, -0.15) is 8.78 Å². The molecule has 2 atom stereocenters. The van der Waals surface area contributed by atoms with Gasteiger partial charge in [0.1, 0.15) is 11.4 Å². The van der Waals surface area contributed by atoms with Crippen LogP contribution in [0.5, 0.6) is 5.75 Å². The maximum atomic E-state index is 15.1. The van der Waals surface area contributed by atoms with E-state index >= 15 is 8.78 Å². The Morgan fingerprint density at radius 2 is 2.08 bits per heavy atom. The number of amidine groups is 1. The first kappa shape index (κ1) is 16.1. The molecule has 0 amide bonds. The summed E-state index contributed by atoms with van der Waals surface area (Å²) in [4.78, 5) is 4.12. The van der Waals surface area contributed by atoms with Gasteiger partial charge in [0.25, 0.3) is 6.02 Å². The molecule has 2 spiro atoms. The van der Waals surface area contributed by atoms with Gasteiger partial charge in [0, 0.05) is 23.1 Å². The van der Waals surface area contributed by atoms with Crippen molar-refractivity contribution in [3.05, 3.63) is 28.2 Å². The first-order valence-corrected chi connectivity index (χ1v) is 8.58. The summed E-state index contributed by atoms with van der Waals surface area (Å²) >= 11 is 3.34. The number of nitrogens with two attached hydrogens (primary N) is 1. The highest BCUT2D eigenvalue weighted by Crippen LogP contribution is 2.56. The molecule has 5 nitrogen and oxygen atoms in total. The molecule has 0 radical (unpaired) electrons. The molecule has 1 saturated heterocycles. The molecule has 3 aliphatic heterocycles. The zero-order valence-electron chi connectivity index (χ0n) is 12.9. The predicted octanol–water partition coefficient (Wildman–Crippen LogP) is 2.96. The summed E-state index contributed by atoms with van der Waals surface area (Å²) in [5, 5.41) is 0. The Hall–Kier alpha value is -1.41. The van der Waals surface area contributed by atoms with E-state index in [2.05, 4.69) is 20.9 Å². The van der Waals surface area contributed by atoms with Crippen molar-refractivity contribution in [3.8, 4) is 5.75 Å². The molecule has 0 saturated carbocycles. The lowest BCUT2D eigenvalue weighted by molar-refractivity contribution is -0.170. The zero-order valence-corrected chi connectivity index (χ0v) is 14.4. The number of hydrogen-bond donors (Lipinski definition) is 1. The summed E-state index contributed by atoms with van der Waals surface area (Å²) in [6.45, 7) is 0.0675. The molecule has 8 heteroatoms. The highest BCUT2D eigenvalue weighted by Gasteiger charge is 2.65. The number of benzene rings is 1. The molecular weight excluding hydrogens is 386 g/mol. The fourth-order valence-corrected chi connectivity index (χ4v) is 4.17. The van der Waals surface area contributed by atoms with Gasteiger partial charge in [-0.1, -0.05) is 15.9 Å². The molecule has 1 fully saturated rings. The number of ether oxygens (including phenoxy) is 3. The number of aliphatic imine (C=N–C) groups is 1. The fraction of sp³-hybridized carbons (Fsp3) is 0.562. The zero-order chi connectivity index (χ0) is 17.0. The fourth-order valence-electron chi connectivity index (χ4n) is 3.80. The molecule has 0 bridgehead atoms. The third kappa shape index (κ3) is 2.30. The van der Waals surface area contributed by atoms with Crippen LogP contribution < -0.4 is 10.5 Å². The Balaban J connectivity index is 1.94. The summed E-state index contributed by atoms with van der Waals surface area (Å²) in [5.41, 5.74) is 3.37. The summed E-state index contributed by atoms with van der Waals surface area (Å²) < 4.78 is 47.3. The van der Waals surface area contributed by atoms with Gasteiger partial charge < -0.3 is 19.9 Å². The average molecular weight is 403 g/mol. The van der Waals surface area contributed by atoms with Crippen molar-refractivity contribution in [3.63, 3.8) is 0 Å². The van der Waals surface area contributed by atoms with Crippen LogP contribution in [0, 0.1) is 0 Å². The Morgan fingerprint density at radius 1 is 1.25 bits per heavy atom. The predicted molar refractivity (Wildman–Crippen MR) is 86.4 cm³/mol. The highest BCUT2D eigenvalue weighted by atomic mass is 79.9. The van der Waals surface area contributed by atoms with E-state index in [1.54, 1.807) is 18.2 Å². The van der Waals surface area contributed by atoms with Crippen molar-refractivity contribution in [2.75, 3.05) is 19.8 Å². The lowest BCUT2D eigenvalue weighted by atomic mass is 9.71. The minimum Gasteiger partial charge on any atom is -0.484 e. The van der Waals surface area contributed by atoms with Crippen LogP contribution in [0.1, 0.15) is 24.8 Å². The second-order valence-corrected chi connectivity index (χ2v) is 7.48. The summed E-state index contributed by atoms with van der Waals surface area (Å²) in [6, 6.07) is 4.86. The molecule has 3 heterocycles. The Labute approximate surface area is 146 Å². The number of nitrogens with zero attached hydrogens (tertiary/aromatic N) is 1. The molecule has 0 unspecified atom stereocenters. The summed E-state index contributed by atoms with van der Waals surface area (Å²) in [5.74, 6) is -2.81. The molecule has 4 rings (SSSR count). The smallest absolute Gasteiger partial charge is 0.310 e. The number of halogens is 3. The van der Waals surface area contributed by atoms with Crippen LogP contribution in [-0.2, 0) is 15.0 Å². The second kappa shape index (κ2) is 5.29. The van der Waals surface area contributed by atoms with Crippen LogP contribution in [-0.4, -0.2) is 37.4 Å². The molecule has 3 aliphatic rings. The monoisotopic (exact) mass is 402 g/mol. The molecule has 1 aromatic carbocycles. The van der Waals surface area contributed by atoms with Gasteiger partial charge in [-0.05, 0) is 31.0 Å². The normalized spacial score (nSPS) is 34.2. The molecule has 0 aliphatic carbocycles. The number of rotatable bonds is 0. The van der Waals surface area contributed by atoms with Crippen molar-refractivity contribution in [2.45, 2.75) is 36.3 Å². The maximum absolute atomic E-state index is 15.1.